The molecule has 2 N–H and O–H groups in total. The summed E-state index contributed by atoms with van der Waals surface area (Å²) in [4.78, 5) is 4.70. The largest absolute Gasteiger partial charge is 0.357 e. The monoisotopic (exact) mass is 480 g/mol. The average molecular weight is 480 g/mol. The van der Waals surface area contributed by atoms with Gasteiger partial charge in [0.25, 0.3) is 0 Å². The van der Waals surface area contributed by atoms with Gasteiger partial charge in [-0.05, 0) is 36.8 Å². The molecule has 0 radical (unpaired) electrons. The van der Waals surface area contributed by atoms with Gasteiger partial charge in [-0.1, -0.05) is 12.8 Å². The third-order valence-electron chi connectivity index (χ3n) is 4.89. The first-order valence-corrected chi connectivity index (χ1v) is 10.7. The lowest BCUT2D eigenvalue weighted by Crippen LogP contribution is -2.44. The third-order valence-corrected chi connectivity index (χ3v) is 6.73. The second-order valence-electron chi connectivity index (χ2n) is 7.13. The first-order valence-electron chi connectivity index (χ1n) is 8.86. The summed E-state index contributed by atoms with van der Waals surface area (Å²) in [5, 5.41) is 6.89. The van der Waals surface area contributed by atoms with Crippen LogP contribution in [0, 0.1) is 5.92 Å². The van der Waals surface area contributed by atoms with Crippen LogP contribution >= 0.6 is 24.0 Å². The van der Waals surface area contributed by atoms with E-state index in [4.69, 9.17) is 4.99 Å². The molecule has 1 atom stereocenters. The van der Waals surface area contributed by atoms with Crippen LogP contribution in [-0.2, 0) is 23.4 Å². The molecule has 142 valence electrons. The number of nitrogens with zero attached hydrogens (tertiary/aromatic N) is 2. The lowest BCUT2D eigenvalue weighted by Gasteiger charge is -2.19. The molecule has 2 heterocycles. The Morgan fingerprint density at radius 3 is 2.68 bits per heavy atom. The van der Waals surface area contributed by atoms with E-state index in [1.54, 1.807) is 0 Å². The van der Waals surface area contributed by atoms with Crippen LogP contribution < -0.4 is 10.6 Å². The number of aromatic nitrogens is 1. The van der Waals surface area contributed by atoms with Crippen molar-refractivity contribution in [3.63, 3.8) is 0 Å². The summed E-state index contributed by atoms with van der Waals surface area (Å²) >= 11 is 0. The Labute approximate surface area is 167 Å². The van der Waals surface area contributed by atoms with E-state index in [1.807, 2.05) is 17.8 Å². The Balaban J connectivity index is 0.00000225. The zero-order valence-corrected chi connectivity index (χ0v) is 17.9. The van der Waals surface area contributed by atoms with Gasteiger partial charge in [0.15, 0.2) is 15.8 Å². The first-order chi connectivity index (χ1) is 11.5. The molecule has 6 nitrogen and oxygen atoms in total. The number of nitrogens with one attached hydrogen (secondary N) is 2. The van der Waals surface area contributed by atoms with Crippen molar-refractivity contribution in [2.24, 2.45) is 18.0 Å². The summed E-state index contributed by atoms with van der Waals surface area (Å²) in [5.74, 6) is 1.64. The van der Waals surface area contributed by atoms with E-state index in [0.717, 1.165) is 12.4 Å². The molecule has 2 fully saturated rings. The number of guanidine groups is 1. The molecule has 3 rings (SSSR count). The van der Waals surface area contributed by atoms with E-state index in [0.29, 0.717) is 30.6 Å². The average Bonchev–Trinajstić information content (AvgIpc) is 3.24. The van der Waals surface area contributed by atoms with Gasteiger partial charge in [-0.2, -0.15) is 0 Å². The molecule has 0 aromatic carbocycles. The molecule has 0 bridgehead atoms. The SMILES string of the molecule is Cn1ccc(CN=C(NCC2CCS(=O)(=O)C2)NC2CCCC2)c1.I. The highest BCUT2D eigenvalue weighted by molar-refractivity contribution is 14.0. The van der Waals surface area contributed by atoms with Crippen LogP contribution in [0.15, 0.2) is 23.5 Å². The maximum Gasteiger partial charge on any atom is 0.191 e. The third kappa shape index (κ3) is 6.47. The smallest absolute Gasteiger partial charge is 0.191 e. The molecule has 2 aliphatic rings. The molecular weight excluding hydrogens is 451 g/mol. The highest BCUT2D eigenvalue weighted by Crippen LogP contribution is 2.19. The van der Waals surface area contributed by atoms with Crippen molar-refractivity contribution in [3.8, 4) is 0 Å². The number of aryl methyl sites for hydroxylation is 1. The van der Waals surface area contributed by atoms with E-state index in [9.17, 15) is 8.42 Å². The summed E-state index contributed by atoms with van der Waals surface area (Å²) in [7, 11) is -0.818. The minimum Gasteiger partial charge on any atom is -0.357 e. The van der Waals surface area contributed by atoms with E-state index >= 15 is 0 Å². The minimum atomic E-state index is -2.82. The maximum atomic E-state index is 11.6. The number of hydrogen-bond donors (Lipinski definition) is 2. The topological polar surface area (TPSA) is 75.5 Å². The van der Waals surface area contributed by atoms with E-state index in [-0.39, 0.29) is 29.9 Å². The Morgan fingerprint density at radius 2 is 2.08 bits per heavy atom. The molecule has 1 aromatic heterocycles. The van der Waals surface area contributed by atoms with Gasteiger partial charge in [0.1, 0.15) is 0 Å². The molecular formula is C17H29IN4O2S. The number of sulfone groups is 1. The number of aliphatic imine (C=N–C) groups is 1. The molecule has 25 heavy (non-hydrogen) atoms. The van der Waals surface area contributed by atoms with Crippen LogP contribution in [-0.4, -0.2) is 43.0 Å². The predicted molar refractivity (Wildman–Crippen MR) is 112 cm³/mol. The summed E-state index contributed by atoms with van der Waals surface area (Å²) in [5.41, 5.74) is 1.17. The lowest BCUT2D eigenvalue weighted by molar-refractivity contribution is 0.553. The molecule has 0 amide bonds. The van der Waals surface area contributed by atoms with Gasteiger partial charge >= 0.3 is 0 Å². The highest BCUT2D eigenvalue weighted by Gasteiger charge is 2.28. The second kappa shape index (κ2) is 9.25. The van der Waals surface area contributed by atoms with Gasteiger partial charge in [0.2, 0.25) is 0 Å². The van der Waals surface area contributed by atoms with Crippen molar-refractivity contribution in [3.05, 3.63) is 24.0 Å². The number of hydrogen-bond acceptors (Lipinski definition) is 3. The van der Waals surface area contributed by atoms with Crippen molar-refractivity contribution in [2.75, 3.05) is 18.1 Å². The van der Waals surface area contributed by atoms with Gasteiger partial charge in [-0.15, -0.1) is 24.0 Å². The van der Waals surface area contributed by atoms with Crippen molar-refractivity contribution in [2.45, 2.75) is 44.7 Å². The zero-order chi connectivity index (χ0) is 17.0. The van der Waals surface area contributed by atoms with Crippen LogP contribution in [0.1, 0.15) is 37.7 Å². The van der Waals surface area contributed by atoms with Crippen molar-refractivity contribution < 1.29 is 8.42 Å². The standard InChI is InChI=1S/C17H28N4O2S.HI/c1-21-8-6-14(12-21)10-18-17(20-16-4-2-3-5-16)19-11-15-7-9-24(22,23)13-15;/h6,8,12,15-16H,2-5,7,9-11,13H2,1H3,(H2,18,19,20);1H. The van der Waals surface area contributed by atoms with Crippen LogP contribution in [0.2, 0.25) is 0 Å². The minimum absolute atomic E-state index is 0. The van der Waals surface area contributed by atoms with Crippen LogP contribution in [0.4, 0.5) is 0 Å². The molecule has 1 saturated carbocycles. The fourth-order valence-corrected chi connectivity index (χ4v) is 5.38. The maximum absolute atomic E-state index is 11.6. The summed E-state index contributed by atoms with van der Waals surface area (Å²) < 4.78 is 25.2. The van der Waals surface area contributed by atoms with Crippen molar-refractivity contribution >= 4 is 39.8 Å². The normalized spacial score (nSPS) is 23.4. The highest BCUT2D eigenvalue weighted by atomic mass is 127. The zero-order valence-electron chi connectivity index (χ0n) is 14.8. The predicted octanol–water partition coefficient (Wildman–Crippen LogP) is 2.06. The van der Waals surface area contributed by atoms with Crippen LogP contribution in [0.5, 0.6) is 0 Å². The van der Waals surface area contributed by atoms with Gasteiger partial charge in [-0.25, -0.2) is 13.4 Å². The Morgan fingerprint density at radius 1 is 1.32 bits per heavy atom. The summed E-state index contributed by atoms with van der Waals surface area (Å²) in [6, 6.07) is 2.56. The Kier molecular flexibility index (Phi) is 7.60. The summed E-state index contributed by atoms with van der Waals surface area (Å²) in [6.07, 6.45) is 9.75. The first kappa shape index (κ1) is 20.5. The lowest BCUT2D eigenvalue weighted by atomic mass is 10.1. The Hall–Kier alpha value is -0.770. The van der Waals surface area contributed by atoms with Crippen LogP contribution in [0.25, 0.3) is 0 Å². The molecule has 1 saturated heterocycles. The molecule has 1 aromatic rings. The van der Waals surface area contributed by atoms with E-state index in [1.165, 1.54) is 31.2 Å². The van der Waals surface area contributed by atoms with Gasteiger partial charge < -0.3 is 15.2 Å². The molecule has 8 heteroatoms. The number of halogens is 1. The summed E-state index contributed by atoms with van der Waals surface area (Å²) in [6.45, 7) is 1.30. The van der Waals surface area contributed by atoms with Crippen molar-refractivity contribution in [1.82, 2.24) is 15.2 Å². The molecule has 1 aliphatic heterocycles. The molecule has 1 unspecified atom stereocenters. The van der Waals surface area contributed by atoms with Crippen molar-refractivity contribution in [1.29, 1.82) is 0 Å². The fourth-order valence-electron chi connectivity index (χ4n) is 3.51. The van der Waals surface area contributed by atoms with E-state index < -0.39 is 9.84 Å². The second-order valence-corrected chi connectivity index (χ2v) is 9.35. The molecule has 0 spiro atoms. The van der Waals surface area contributed by atoms with E-state index in [2.05, 4.69) is 22.9 Å². The molecule has 1 aliphatic carbocycles. The Bertz CT molecular complexity index is 681. The van der Waals surface area contributed by atoms with Gasteiger partial charge in [0.05, 0.1) is 18.1 Å². The van der Waals surface area contributed by atoms with Gasteiger partial charge in [-0.3, -0.25) is 0 Å². The number of rotatable bonds is 5. The fraction of sp³-hybridized carbons (Fsp3) is 0.706. The van der Waals surface area contributed by atoms with Gasteiger partial charge in [0, 0.05) is 32.0 Å². The quantitative estimate of drug-likeness (QED) is 0.385. The van der Waals surface area contributed by atoms with Crippen LogP contribution in [0.3, 0.4) is 0 Å².